The summed E-state index contributed by atoms with van der Waals surface area (Å²) < 4.78 is 10.6. The van der Waals surface area contributed by atoms with Crippen molar-refractivity contribution in [1.82, 2.24) is 21.3 Å². The summed E-state index contributed by atoms with van der Waals surface area (Å²) in [7, 11) is 0. The lowest BCUT2D eigenvalue weighted by Gasteiger charge is -2.23. The minimum absolute atomic E-state index is 0.0461. The van der Waals surface area contributed by atoms with Gasteiger partial charge in [-0.05, 0) is 80.1 Å². The zero-order valence-corrected chi connectivity index (χ0v) is 31.9. The number of unbranched alkanes of at least 4 members (excludes halogenated alkanes) is 11. The van der Waals surface area contributed by atoms with Gasteiger partial charge in [0.2, 0.25) is 17.7 Å². The number of carbonyl (C=O) groups excluding carboxylic acids is 5. The molecule has 286 valence electrons. The van der Waals surface area contributed by atoms with Crippen LogP contribution in [0.15, 0.2) is 0 Å². The quantitative estimate of drug-likeness (QED) is 0.0517. The number of rotatable bonds is 27. The number of hydrogen-bond donors (Lipinski definition) is 5. The number of hydrogen-bond acceptors (Lipinski definition) is 8. The second kappa shape index (κ2) is 26.9. The Hall–Kier alpha value is -2.89. The standard InChI is InChI=1S/C37H71N5O7/c1-8-9-10-11-12-13-14-15-18-23-31(43)39-26-19-16-17-20-27-40-34(46)30(24-25-32(44)48-36(2,3)4)42-33(45)29(38)22-21-28-41-35(47)49-37(5,6)7/h29-30H,8-28,38H2,1-7H3,(H,39,43)(H,40,46)(H,41,47)(H,42,45). The first-order chi connectivity index (χ1) is 23.0. The maximum absolute atomic E-state index is 13.0. The van der Waals surface area contributed by atoms with Gasteiger partial charge in [-0.15, -0.1) is 0 Å². The Balaban J connectivity index is 4.43. The molecule has 2 unspecified atom stereocenters. The molecule has 0 rings (SSSR count). The first kappa shape index (κ1) is 46.1. The molecule has 6 N–H and O–H groups in total. The molecule has 2 atom stereocenters. The van der Waals surface area contributed by atoms with Gasteiger partial charge in [0.1, 0.15) is 17.2 Å². The number of esters is 1. The van der Waals surface area contributed by atoms with Crippen LogP contribution in [0.3, 0.4) is 0 Å². The van der Waals surface area contributed by atoms with E-state index in [4.69, 9.17) is 15.2 Å². The van der Waals surface area contributed by atoms with Crippen molar-refractivity contribution in [3.8, 4) is 0 Å². The summed E-state index contributed by atoms with van der Waals surface area (Å²) in [5.41, 5.74) is 4.80. The largest absolute Gasteiger partial charge is 0.460 e. The topological polar surface area (TPSA) is 178 Å². The number of ether oxygens (including phenoxy) is 2. The lowest BCUT2D eigenvalue weighted by Crippen LogP contribution is -2.52. The fraction of sp³-hybridized carbons (Fsp3) is 0.865. The van der Waals surface area contributed by atoms with Crippen LogP contribution >= 0.6 is 0 Å². The van der Waals surface area contributed by atoms with Gasteiger partial charge in [-0.25, -0.2) is 4.79 Å². The van der Waals surface area contributed by atoms with E-state index < -0.39 is 41.3 Å². The summed E-state index contributed by atoms with van der Waals surface area (Å²) in [6, 6.07) is -1.85. The molecule has 0 heterocycles. The second-order valence-corrected chi connectivity index (χ2v) is 15.0. The summed E-state index contributed by atoms with van der Waals surface area (Å²) in [5.74, 6) is -1.25. The number of nitrogens with one attached hydrogen (secondary N) is 4. The molecular formula is C37H71N5O7. The highest BCUT2D eigenvalue weighted by molar-refractivity contribution is 5.90. The molecular weight excluding hydrogens is 626 g/mol. The summed E-state index contributed by atoms with van der Waals surface area (Å²) in [5, 5.41) is 11.2. The van der Waals surface area contributed by atoms with Crippen LogP contribution in [-0.2, 0) is 28.7 Å². The fourth-order valence-corrected chi connectivity index (χ4v) is 5.01. The molecule has 0 aliphatic carbocycles. The van der Waals surface area contributed by atoms with Crippen LogP contribution in [0.4, 0.5) is 4.79 Å². The Morgan fingerprint density at radius 3 is 1.65 bits per heavy atom. The average Bonchev–Trinajstić information content (AvgIpc) is 2.99. The van der Waals surface area contributed by atoms with Crippen molar-refractivity contribution >= 4 is 29.8 Å². The highest BCUT2D eigenvalue weighted by Crippen LogP contribution is 2.12. The molecule has 0 aliphatic heterocycles. The Morgan fingerprint density at radius 2 is 1.08 bits per heavy atom. The molecule has 0 bridgehead atoms. The lowest BCUT2D eigenvalue weighted by molar-refractivity contribution is -0.155. The molecule has 0 aliphatic rings. The molecule has 0 saturated carbocycles. The molecule has 12 heteroatoms. The van der Waals surface area contributed by atoms with Crippen LogP contribution in [0.1, 0.15) is 164 Å². The molecule has 0 fully saturated rings. The van der Waals surface area contributed by atoms with Gasteiger partial charge in [-0.1, -0.05) is 71.1 Å². The van der Waals surface area contributed by atoms with Gasteiger partial charge in [-0.2, -0.15) is 0 Å². The highest BCUT2D eigenvalue weighted by Gasteiger charge is 2.26. The predicted octanol–water partition coefficient (Wildman–Crippen LogP) is 5.94. The smallest absolute Gasteiger partial charge is 0.407 e. The monoisotopic (exact) mass is 698 g/mol. The molecule has 0 spiro atoms. The number of nitrogens with two attached hydrogens (primary N) is 1. The number of amides is 4. The molecule has 0 aromatic rings. The normalized spacial score (nSPS) is 12.8. The molecule has 0 radical (unpaired) electrons. The van der Waals surface area contributed by atoms with Crippen LogP contribution in [0, 0.1) is 0 Å². The number of carbonyl (C=O) groups is 5. The highest BCUT2D eigenvalue weighted by atomic mass is 16.6. The van der Waals surface area contributed by atoms with E-state index in [1.165, 1.54) is 44.9 Å². The van der Waals surface area contributed by atoms with Gasteiger partial charge in [0.05, 0.1) is 6.04 Å². The van der Waals surface area contributed by atoms with Crippen molar-refractivity contribution in [2.75, 3.05) is 19.6 Å². The third-order valence-corrected chi connectivity index (χ3v) is 7.62. The average molecular weight is 698 g/mol. The Labute approximate surface area is 296 Å². The van der Waals surface area contributed by atoms with Crippen molar-refractivity contribution in [2.24, 2.45) is 5.73 Å². The van der Waals surface area contributed by atoms with E-state index in [2.05, 4.69) is 28.2 Å². The summed E-state index contributed by atoms with van der Waals surface area (Å²) >= 11 is 0. The fourth-order valence-electron chi connectivity index (χ4n) is 5.01. The van der Waals surface area contributed by atoms with Gasteiger partial charge in [0, 0.05) is 32.5 Å². The van der Waals surface area contributed by atoms with E-state index in [0.29, 0.717) is 25.9 Å². The molecule has 4 amide bonds. The van der Waals surface area contributed by atoms with E-state index in [0.717, 1.165) is 38.5 Å². The van der Waals surface area contributed by atoms with Crippen LogP contribution in [0.25, 0.3) is 0 Å². The summed E-state index contributed by atoms with van der Waals surface area (Å²) in [6.07, 6.45) is 15.3. The van der Waals surface area contributed by atoms with E-state index in [-0.39, 0.29) is 37.6 Å². The van der Waals surface area contributed by atoms with E-state index >= 15 is 0 Å². The summed E-state index contributed by atoms with van der Waals surface area (Å²) in [4.78, 5) is 62.1. The SMILES string of the molecule is CCCCCCCCCCCC(=O)NCCCCCCNC(=O)C(CCC(=O)OC(C)(C)C)NC(=O)C(N)CCCNC(=O)OC(C)(C)C. The molecule has 0 saturated heterocycles. The van der Waals surface area contributed by atoms with Gasteiger partial charge in [0.15, 0.2) is 0 Å². The zero-order valence-electron chi connectivity index (χ0n) is 31.9. The Kier molecular flexibility index (Phi) is 25.3. The molecule has 0 aromatic heterocycles. The molecule has 12 nitrogen and oxygen atoms in total. The molecule has 0 aromatic carbocycles. The third-order valence-electron chi connectivity index (χ3n) is 7.62. The first-order valence-electron chi connectivity index (χ1n) is 18.8. The van der Waals surface area contributed by atoms with E-state index in [1.807, 2.05) is 0 Å². The Morgan fingerprint density at radius 1 is 0.571 bits per heavy atom. The van der Waals surface area contributed by atoms with Crippen LogP contribution in [-0.4, -0.2) is 72.7 Å². The van der Waals surface area contributed by atoms with Crippen molar-refractivity contribution in [3.05, 3.63) is 0 Å². The van der Waals surface area contributed by atoms with Crippen LogP contribution in [0.5, 0.6) is 0 Å². The molecule has 49 heavy (non-hydrogen) atoms. The van der Waals surface area contributed by atoms with E-state index in [1.54, 1.807) is 41.5 Å². The minimum atomic E-state index is -0.952. The maximum Gasteiger partial charge on any atom is 0.407 e. The first-order valence-corrected chi connectivity index (χ1v) is 18.8. The summed E-state index contributed by atoms with van der Waals surface area (Å²) in [6.45, 7) is 14.2. The zero-order chi connectivity index (χ0) is 37.1. The van der Waals surface area contributed by atoms with Gasteiger partial charge in [-0.3, -0.25) is 19.2 Å². The minimum Gasteiger partial charge on any atom is -0.460 e. The van der Waals surface area contributed by atoms with E-state index in [9.17, 15) is 24.0 Å². The third kappa shape index (κ3) is 29.7. The number of alkyl carbamates (subject to hydrolysis) is 1. The van der Waals surface area contributed by atoms with Crippen molar-refractivity contribution in [2.45, 2.75) is 187 Å². The van der Waals surface area contributed by atoms with Crippen molar-refractivity contribution in [3.63, 3.8) is 0 Å². The Bertz CT molecular complexity index is 946. The van der Waals surface area contributed by atoms with Gasteiger partial charge >= 0.3 is 12.1 Å². The van der Waals surface area contributed by atoms with Crippen LogP contribution < -0.4 is 27.0 Å². The maximum atomic E-state index is 13.0. The van der Waals surface area contributed by atoms with Gasteiger partial charge in [0.25, 0.3) is 0 Å². The predicted molar refractivity (Wildman–Crippen MR) is 195 cm³/mol. The van der Waals surface area contributed by atoms with Gasteiger partial charge < -0.3 is 36.5 Å². The second-order valence-electron chi connectivity index (χ2n) is 15.0. The van der Waals surface area contributed by atoms with Crippen molar-refractivity contribution in [1.29, 1.82) is 0 Å². The van der Waals surface area contributed by atoms with Crippen molar-refractivity contribution < 1.29 is 33.4 Å². The lowest BCUT2D eigenvalue weighted by atomic mass is 10.1. The van der Waals surface area contributed by atoms with Crippen LogP contribution in [0.2, 0.25) is 0 Å².